The zero-order chi connectivity index (χ0) is 42.0. The van der Waals surface area contributed by atoms with Gasteiger partial charge in [0, 0.05) is 39.3 Å². The number of allylic oxidation sites excluding steroid dienone is 4. The molecule has 1 atom stereocenters. The van der Waals surface area contributed by atoms with Crippen LogP contribution in [0.4, 0.5) is 11.4 Å². The smallest absolute Gasteiger partial charge is 0.137 e. The molecular formula is C61H45NO. The average molecular weight is 808 g/mol. The SMILES string of the molecule is CC1(C)c2ccccc2-c2ccc(N(C3=CC=C4c5ccccc5C(C)(C)C4C3)c3ccc4c(c3)oc3cc5c(cc34)C3(c4ccccc4-c4ccccc43)c3ccccc3-5)cc21. The Labute approximate surface area is 368 Å². The van der Waals surface area contributed by atoms with Gasteiger partial charge in [-0.1, -0.05) is 161 Å². The summed E-state index contributed by atoms with van der Waals surface area (Å²) in [7, 11) is 0. The molecule has 0 N–H and O–H groups in total. The Bertz CT molecular complexity index is 3520. The van der Waals surface area contributed by atoms with Gasteiger partial charge in [0.15, 0.2) is 0 Å². The maximum Gasteiger partial charge on any atom is 0.137 e. The summed E-state index contributed by atoms with van der Waals surface area (Å²) in [5.41, 5.74) is 25.2. The molecule has 0 saturated heterocycles. The van der Waals surface area contributed by atoms with Crippen LogP contribution < -0.4 is 4.90 Å². The van der Waals surface area contributed by atoms with E-state index in [0.29, 0.717) is 5.92 Å². The highest BCUT2D eigenvalue weighted by atomic mass is 16.3. The number of rotatable bonds is 3. The van der Waals surface area contributed by atoms with Crippen molar-refractivity contribution in [3.05, 3.63) is 232 Å². The molecule has 8 aromatic carbocycles. The van der Waals surface area contributed by atoms with Crippen molar-refractivity contribution in [2.24, 2.45) is 5.92 Å². The average Bonchev–Trinajstić information content (AvgIpc) is 4.04. The lowest BCUT2D eigenvalue weighted by molar-refractivity contribution is 0.406. The zero-order valence-corrected chi connectivity index (χ0v) is 36.0. The van der Waals surface area contributed by atoms with E-state index in [4.69, 9.17) is 4.42 Å². The summed E-state index contributed by atoms with van der Waals surface area (Å²) in [5, 5.41) is 2.29. The van der Waals surface area contributed by atoms with E-state index in [0.717, 1.165) is 34.0 Å². The molecule has 300 valence electrons. The van der Waals surface area contributed by atoms with Crippen molar-refractivity contribution in [1.82, 2.24) is 0 Å². The van der Waals surface area contributed by atoms with E-state index in [1.54, 1.807) is 0 Å². The first kappa shape index (κ1) is 35.4. The van der Waals surface area contributed by atoms with Crippen LogP contribution in [-0.4, -0.2) is 0 Å². The fourth-order valence-corrected chi connectivity index (χ4v) is 13.1. The molecule has 5 aliphatic carbocycles. The predicted molar refractivity (Wildman–Crippen MR) is 260 cm³/mol. The maximum atomic E-state index is 7.03. The number of fused-ring (bicyclic) bond motifs is 19. The topological polar surface area (TPSA) is 16.4 Å². The van der Waals surface area contributed by atoms with Crippen molar-refractivity contribution < 1.29 is 4.42 Å². The summed E-state index contributed by atoms with van der Waals surface area (Å²) >= 11 is 0. The van der Waals surface area contributed by atoms with Gasteiger partial charge in [-0.25, -0.2) is 0 Å². The molecule has 1 spiro atoms. The number of nitrogens with zero attached hydrogens (tertiary/aromatic N) is 1. The van der Waals surface area contributed by atoms with Gasteiger partial charge in [-0.05, 0) is 144 Å². The molecule has 0 amide bonds. The largest absolute Gasteiger partial charge is 0.456 e. The van der Waals surface area contributed by atoms with Gasteiger partial charge in [0.25, 0.3) is 0 Å². The Kier molecular flexibility index (Phi) is 6.78. The molecule has 0 aliphatic heterocycles. The summed E-state index contributed by atoms with van der Waals surface area (Å²) in [6, 6.07) is 64.0. The molecule has 14 rings (SSSR count). The third-order valence-corrected chi connectivity index (χ3v) is 16.0. The maximum absolute atomic E-state index is 7.03. The molecule has 0 radical (unpaired) electrons. The normalized spacial score (nSPS) is 18.2. The van der Waals surface area contributed by atoms with Crippen LogP contribution >= 0.6 is 0 Å². The fourth-order valence-electron chi connectivity index (χ4n) is 13.1. The van der Waals surface area contributed by atoms with Crippen LogP contribution in [0.1, 0.15) is 78.6 Å². The number of benzene rings is 8. The molecule has 0 saturated carbocycles. The Morgan fingerprint density at radius 3 is 1.63 bits per heavy atom. The highest BCUT2D eigenvalue weighted by Crippen LogP contribution is 2.64. The molecule has 0 fully saturated rings. The Morgan fingerprint density at radius 2 is 0.952 bits per heavy atom. The van der Waals surface area contributed by atoms with Crippen LogP contribution in [0.15, 0.2) is 192 Å². The molecule has 63 heavy (non-hydrogen) atoms. The van der Waals surface area contributed by atoms with E-state index < -0.39 is 5.41 Å². The number of hydrogen-bond donors (Lipinski definition) is 0. The molecule has 9 aromatic rings. The highest BCUT2D eigenvalue weighted by Gasteiger charge is 2.52. The van der Waals surface area contributed by atoms with Crippen LogP contribution in [0, 0.1) is 5.92 Å². The third-order valence-electron chi connectivity index (χ3n) is 16.0. The van der Waals surface area contributed by atoms with Crippen LogP contribution in [0.25, 0.3) is 60.9 Å². The van der Waals surface area contributed by atoms with Gasteiger partial charge in [-0.2, -0.15) is 0 Å². The minimum Gasteiger partial charge on any atom is -0.456 e. The first-order chi connectivity index (χ1) is 30.7. The lowest BCUT2D eigenvalue weighted by Crippen LogP contribution is -2.29. The lowest BCUT2D eigenvalue weighted by atomic mass is 9.70. The Balaban J connectivity index is 0.963. The van der Waals surface area contributed by atoms with Crippen molar-refractivity contribution >= 4 is 38.9 Å². The lowest BCUT2D eigenvalue weighted by Gasteiger charge is -2.36. The van der Waals surface area contributed by atoms with E-state index in [1.807, 2.05) is 0 Å². The molecular weight excluding hydrogens is 763 g/mol. The van der Waals surface area contributed by atoms with E-state index in [2.05, 4.69) is 215 Å². The Hall–Kier alpha value is -7.16. The summed E-state index contributed by atoms with van der Waals surface area (Å²) in [6.07, 6.45) is 5.73. The number of furan rings is 1. The molecule has 1 heterocycles. The van der Waals surface area contributed by atoms with Crippen molar-refractivity contribution in [2.75, 3.05) is 4.90 Å². The first-order valence-corrected chi connectivity index (χ1v) is 22.6. The Morgan fingerprint density at radius 1 is 0.429 bits per heavy atom. The standard InChI is InChI=1S/C61H45NO/c1-59(2)49-20-10-5-15-39(49)44-28-25-36(31-54(44)59)62(37-26-29-45-40-16-6-11-21-50(40)60(3,4)55(45)32-37)38-27-30-46-48-34-56-47(35-58(48)63-57(46)33-38)43-19-9-14-24-53(43)61(56)51-22-12-7-17-41(51)42-18-8-13-23-52(42)61/h5-31,33-35,55H,32H2,1-4H3. The van der Waals surface area contributed by atoms with Gasteiger partial charge < -0.3 is 9.32 Å². The van der Waals surface area contributed by atoms with Gasteiger partial charge in [-0.3, -0.25) is 0 Å². The zero-order valence-electron chi connectivity index (χ0n) is 36.0. The van der Waals surface area contributed by atoms with Gasteiger partial charge in [0.2, 0.25) is 0 Å². The van der Waals surface area contributed by atoms with Crippen molar-refractivity contribution in [3.63, 3.8) is 0 Å². The van der Waals surface area contributed by atoms with Gasteiger partial charge in [0.1, 0.15) is 11.2 Å². The molecule has 5 aliphatic rings. The number of hydrogen-bond acceptors (Lipinski definition) is 2. The predicted octanol–water partition coefficient (Wildman–Crippen LogP) is 15.7. The highest BCUT2D eigenvalue weighted by molar-refractivity contribution is 6.09. The first-order valence-electron chi connectivity index (χ1n) is 22.6. The summed E-state index contributed by atoms with van der Waals surface area (Å²) in [4.78, 5) is 2.52. The van der Waals surface area contributed by atoms with E-state index in [9.17, 15) is 0 Å². The molecule has 2 heteroatoms. The molecule has 1 aromatic heterocycles. The fraction of sp³-hybridized carbons (Fsp3) is 0.148. The minimum absolute atomic E-state index is 0.00852. The van der Waals surface area contributed by atoms with E-state index in [-0.39, 0.29) is 10.8 Å². The third kappa shape index (κ3) is 4.39. The van der Waals surface area contributed by atoms with E-state index >= 15 is 0 Å². The van der Waals surface area contributed by atoms with Gasteiger partial charge in [0.05, 0.1) is 5.41 Å². The van der Waals surface area contributed by atoms with Gasteiger partial charge >= 0.3 is 0 Å². The minimum atomic E-state index is -0.401. The van der Waals surface area contributed by atoms with Gasteiger partial charge in [-0.15, -0.1) is 0 Å². The molecule has 2 nitrogen and oxygen atoms in total. The number of anilines is 2. The molecule has 0 bridgehead atoms. The summed E-state index contributed by atoms with van der Waals surface area (Å²) in [5.74, 6) is 0.367. The van der Waals surface area contributed by atoms with E-state index in [1.165, 1.54) is 94.8 Å². The van der Waals surface area contributed by atoms with Crippen molar-refractivity contribution in [3.8, 4) is 33.4 Å². The van der Waals surface area contributed by atoms with Crippen LogP contribution in [0.3, 0.4) is 0 Å². The van der Waals surface area contributed by atoms with Crippen LogP contribution in [-0.2, 0) is 16.2 Å². The second kappa shape index (κ2) is 12.1. The monoisotopic (exact) mass is 807 g/mol. The summed E-state index contributed by atoms with van der Waals surface area (Å²) < 4.78 is 7.03. The second-order valence-electron chi connectivity index (χ2n) is 19.6. The molecule has 1 unspecified atom stereocenters. The van der Waals surface area contributed by atoms with Crippen molar-refractivity contribution in [1.29, 1.82) is 0 Å². The summed E-state index contributed by atoms with van der Waals surface area (Å²) in [6.45, 7) is 9.62. The van der Waals surface area contributed by atoms with Crippen molar-refractivity contribution in [2.45, 2.75) is 50.4 Å². The van der Waals surface area contributed by atoms with Crippen LogP contribution in [0.5, 0.6) is 0 Å². The quantitative estimate of drug-likeness (QED) is 0.177. The second-order valence-corrected chi connectivity index (χ2v) is 19.6. The van der Waals surface area contributed by atoms with Crippen LogP contribution in [0.2, 0.25) is 0 Å².